The van der Waals surface area contributed by atoms with Gasteiger partial charge < -0.3 is 0 Å². The van der Waals surface area contributed by atoms with Gasteiger partial charge in [-0.3, -0.25) is 0 Å². The molecule has 0 saturated heterocycles. The van der Waals surface area contributed by atoms with Crippen LogP contribution >= 0.6 is 0 Å². The van der Waals surface area contributed by atoms with Crippen molar-refractivity contribution >= 4 is 0 Å². The molecule has 0 aromatic heterocycles. The van der Waals surface area contributed by atoms with Gasteiger partial charge in [0.15, 0.2) is 0 Å². The molecule has 0 nitrogen and oxygen atoms in total. The molecule has 1 fully saturated rings. The molecule has 0 unspecified atom stereocenters. The van der Waals surface area contributed by atoms with Crippen molar-refractivity contribution in [1.29, 1.82) is 0 Å². The van der Waals surface area contributed by atoms with Gasteiger partial charge in [-0.2, -0.15) is 13.2 Å². The summed E-state index contributed by atoms with van der Waals surface area (Å²) in [6, 6.07) is 14.0. The second kappa shape index (κ2) is 9.15. The van der Waals surface area contributed by atoms with Crippen LogP contribution in [-0.2, 0) is 12.6 Å². The van der Waals surface area contributed by atoms with E-state index < -0.39 is 11.7 Å². The fraction of sp³-hybridized carbons (Fsp3) is 0.360. The Kier molecular flexibility index (Phi) is 6.62. The maximum atomic E-state index is 12.6. The van der Waals surface area contributed by atoms with Crippen molar-refractivity contribution < 1.29 is 13.2 Å². The minimum Gasteiger partial charge on any atom is -0.166 e. The molecule has 28 heavy (non-hydrogen) atoms. The molecule has 0 atom stereocenters. The minimum absolute atomic E-state index is 0.535. The van der Waals surface area contributed by atoms with Crippen LogP contribution in [-0.4, -0.2) is 0 Å². The number of allylic oxidation sites excluding steroid dienone is 2. The quantitative estimate of drug-likeness (QED) is 0.495. The fourth-order valence-electron chi connectivity index (χ4n) is 3.72. The third-order valence-corrected chi connectivity index (χ3v) is 5.51. The number of hydrogen-bond donors (Lipinski definition) is 0. The summed E-state index contributed by atoms with van der Waals surface area (Å²) in [5, 5.41) is 0. The lowest BCUT2D eigenvalue weighted by molar-refractivity contribution is -0.137. The van der Waals surface area contributed by atoms with Crippen LogP contribution in [0.25, 0.3) is 0 Å². The molecule has 146 valence electrons. The van der Waals surface area contributed by atoms with Crippen LogP contribution in [0.15, 0.2) is 60.7 Å². The Hall–Kier alpha value is -2.47. The molecule has 2 aromatic rings. The van der Waals surface area contributed by atoms with Gasteiger partial charge in [0, 0.05) is 5.56 Å². The highest BCUT2D eigenvalue weighted by Crippen LogP contribution is 2.36. The topological polar surface area (TPSA) is 0 Å². The molecule has 0 bridgehead atoms. The fourth-order valence-corrected chi connectivity index (χ4v) is 3.72. The smallest absolute Gasteiger partial charge is 0.166 e. The molecule has 0 radical (unpaired) electrons. The molecule has 0 amide bonds. The molecule has 0 aliphatic heterocycles. The average Bonchev–Trinajstić information content (AvgIpc) is 2.71. The van der Waals surface area contributed by atoms with Gasteiger partial charge >= 0.3 is 6.18 Å². The maximum absolute atomic E-state index is 12.6. The number of rotatable bonds is 3. The lowest BCUT2D eigenvalue weighted by atomic mass is 9.78. The third-order valence-electron chi connectivity index (χ3n) is 5.51. The van der Waals surface area contributed by atoms with Crippen molar-refractivity contribution in [2.45, 2.75) is 51.1 Å². The van der Waals surface area contributed by atoms with E-state index in [9.17, 15) is 13.2 Å². The largest absolute Gasteiger partial charge is 0.416 e. The highest BCUT2D eigenvalue weighted by Gasteiger charge is 2.29. The monoisotopic (exact) mass is 382 g/mol. The molecule has 3 heteroatoms. The second-order valence-corrected chi connectivity index (χ2v) is 7.41. The van der Waals surface area contributed by atoms with Crippen LogP contribution < -0.4 is 0 Å². The predicted octanol–water partition coefficient (Wildman–Crippen LogP) is 7.15. The van der Waals surface area contributed by atoms with E-state index in [4.69, 9.17) is 0 Å². The van der Waals surface area contributed by atoms with Crippen LogP contribution in [0.5, 0.6) is 0 Å². The first kappa shape index (κ1) is 20.3. The van der Waals surface area contributed by atoms with Gasteiger partial charge in [-0.1, -0.05) is 49.1 Å². The molecule has 2 aromatic carbocycles. The van der Waals surface area contributed by atoms with Crippen molar-refractivity contribution in [1.82, 2.24) is 0 Å². The zero-order chi connectivity index (χ0) is 20.0. The third kappa shape index (κ3) is 5.52. The Morgan fingerprint density at radius 2 is 1.57 bits per heavy atom. The summed E-state index contributed by atoms with van der Waals surface area (Å²) >= 11 is 0. The van der Waals surface area contributed by atoms with Gasteiger partial charge in [0.25, 0.3) is 0 Å². The van der Waals surface area contributed by atoms with Crippen LogP contribution in [0.4, 0.5) is 13.2 Å². The van der Waals surface area contributed by atoms with E-state index in [-0.39, 0.29) is 0 Å². The van der Waals surface area contributed by atoms with Gasteiger partial charge in [-0.05, 0) is 85.4 Å². The highest BCUT2D eigenvalue weighted by molar-refractivity contribution is 5.39. The van der Waals surface area contributed by atoms with Crippen LogP contribution in [0.1, 0.15) is 60.8 Å². The Bertz CT molecular complexity index is 838. The van der Waals surface area contributed by atoms with Gasteiger partial charge in [0.1, 0.15) is 0 Å². The summed E-state index contributed by atoms with van der Waals surface area (Å²) in [5.74, 6) is 7.04. The van der Waals surface area contributed by atoms with Gasteiger partial charge in [-0.25, -0.2) is 0 Å². The first-order valence-corrected chi connectivity index (χ1v) is 9.90. The van der Waals surface area contributed by atoms with Crippen molar-refractivity contribution in [3.8, 4) is 11.8 Å². The molecule has 3 rings (SSSR count). The van der Waals surface area contributed by atoms with Crippen molar-refractivity contribution in [2.75, 3.05) is 0 Å². The van der Waals surface area contributed by atoms with E-state index in [2.05, 4.69) is 49.1 Å². The highest BCUT2D eigenvalue weighted by atomic mass is 19.4. The van der Waals surface area contributed by atoms with E-state index in [0.717, 1.165) is 31.4 Å². The van der Waals surface area contributed by atoms with Crippen LogP contribution in [0.3, 0.4) is 0 Å². The average molecular weight is 382 g/mol. The predicted molar refractivity (Wildman–Crippen MR) is 108 cm³/mol. The SMILES string of the molecule is CCc1ccc(C2CCC(C=CC#Cc3ccc(C(F)(F)F)cc3)CC2)cc1. The summed E-state index contributed by atoms with van der Waals surface area (Å²) in [6.45, 7) is 2.17. The number of hydrogen-bond acceptors (Lipinski definition) is 0. The molecule has 1 aliphatic carbocycles. The molecule has 1 saturated carbocycles. The Morgan fingerprint density at radius 3 is 2.14 bits per heavy atom. The Labute approximate surface area is 165 Å². The lowest BCUT2D eigenvalue weighted by Gasteiger charge is -2.27. The molecular formula is C25H25F3. The second-order valence-electron chi connectivity index (χ2n) is 7.41. The zero-order valence-electron chi connectivity index (χ0n) is 16.1. The van der Waals surface area contributed by atoms with Crippen molar-refractivity contribution in [3.63, 3.8) is 0 Å². The van der Waals surface area contributed by atoms with Gasteiger partial charge in [0.05, 0.1) is 5.56 Å². The summed E-state index contributed by atoms with van der Waals surface area (Å²) < 4.78 is 37.7. The number of halogens is 3. The molecule has 0 N–H and O–H groups in total. The van der Waals surface area contributed by atoms with Crippen molar-refractivity contribution in [3.05, 3.63) is 82.9 Å². The summed E-state index contributed by atoms with van der Waals surface area (Å²) in [5.41, 5.74) is 2.78. The van der Waals surface area contributed by atoms with Crippen LogP contribution in [0, 0.1) is 17.8 Å². The van der Waals surface area contributed by atoms with Crippen molar-refractivity contribution in [2.24, 2.45) is 5.92 Å². The minimum atomic E-state index is -4.30. The normalized spacial score (nSPS) is 20.0. The van der Waals surface area contributed by atoms with E-state index in [1.165, 1.54) is 36.1 Å². The number of aryl methyl sites for hydroxylation is 1. The Morgan fingerprint density at radius 1 is 0.929 bits per heavy atom. The number of benzene rings is 2. The molecule has 0 spiro atoms. The zero-order valence-corrected chi connectivity index (χ0v) is 16.1. The lowest BCUT2D eigenvalue weighted by Crippen LogP contribution is -2.11. The summed E-state index contributed by atoms with van der Waals surface area (Å²) in [4.78, 5) is 0. The first-order valence-electron chi connectivity index (χ1n) is 9.90. The van der Waals surface area contributed by atoms with E-state index >= 15 is 0 Å². The Balaban J connectivity index is 1.49. The van der Waals surface area contributed by atoms with Gasteiger partial charge in [0.2, 0.25) is 0 Å². The molecule has 0 heterocycles. The summed E-state index contributed by atoms with van der Waals surface area (Å²) in [6.07, 6.45) is 5.44. The van der Waals surface area contributed by atoms with Gasteiger partial charge in [-0.15, -0.1) is 0 Å². The standard InChI is InChI=1S/C25H25F3/c1-2-19-7-13-22(14-8-19)23-15-9-20(10-16-23)5-3-4-6-21-11-17-24(18-12-21)25(26,27)28/h3,5,7-8,11-14,17-18,20,23H,2,9-10,15-16H2,1H3. The van der Waals surface area contributed by atoms with E-state index in [0.29, 0.717) is 17.4 Å². The maximum Gasteiger partial charge on any atom is 0.416 e. The summed E-state index contributed by atoms with van der Waals surface area (Å²) in [7, 11) is 0. The first-order chi connectivity index (χ1) is 13.5. The molecular weight excluding hydrogens is 357 g/mol. The van der Waals surface area contributed by atoms with E-state index in [1.807, 2.05) is 6.08 Å². The number of alkyl halides is 3. The van der Waals surface area contributed by atoms with Crippen LogP contribution in [0.2, 0.25) is 0 Å². The molecule has 1 aliphatic rings. The van der Waals surface area contributed by atoms with E-state index in [1.54, 1.807) is 0 Å².